The molecular formula is C17H13ClN2O3S. The summed E-state index contributed by atoms with van der Waals surface area (Å²) >= 11 is 7.45. The number of nitrogens with zero attached hydrogens (tertiary/aromatic N) is 1. The molecule has 1 amide bonds. The number of rotatable bonds is 5. The second-order valence-corrected chi connectivity index (χ2v) is 5.99. The van der Waals surface area contributed by atoms with Gasteiger partial charge in [-0.3, -0.25) is 4.79 Å². The maximum atomic E-state index is 12.3. The molecule has 3 aromatic rings. The fraction of sp³-hybridized carbons (Fsp3) is 0.0588. The van der Waals surface area contributed by atoms with Crippen molar-refractivity contribution in [1.29, 1.82) is 0 Å². The van der Waals surface area contributed by atoms with Crippen LogP contribution in [0.4, 0.5) is 5.69 Å². The number of carbonyl (C=O) groups is 1. The number of halogens is 1. The number of ether oxygens (including phenoxy) is 2. The van der Waals surface area contributed by atoms with E-state index in [1.807, 2.05) is 5.38 Å². The van der Waals surface area contributed by atoms with Crippen LogP contribution >= 0.6 is 22.9 Å². The van der Waals surface area contributed by atoms with E-state index in [0.717, 1.165) is 0 Å². The third-order valence-electron chi connectivity index (χ3n) is 3.14. The average molecular weight is 361 g/mol. The Hall–Kier alpha value is -2.57. The van der Waals surface area contributed by atoms with E-state index in [1.165, 1.54) is 18.4 Å². The first-order chi connectivity index (χ1) is 11.7. The third-order valence-corrected chi connectivity index (χ3v) is 4.08. The van der Waals surface area contributed by atoms with Crippen molar-refractivity contribution in [3.8, 4) is 16.7 Å². The van der Waals surface area contributed by atoms with Gasteiger partial charge in [0.1, 0.15) is 11.5 Å². The molecule has 2 aromatic carbocycles. The maximum absolute atomic E-state index is 12.3. The summed E-state index contributed by atoms with van der Waals surface area (Å²) in [6, 6.07) is 11.9. The van der Waals surface area contributed by atoms with Crippen LogP contribution in [0.2, 0.25) is 5.02 Å². The minimum atomic E-state index is -0.239. The van der Waals surface area contributed by atoms with Crippen molar-refractivity contribution in [2.24, 2.45) is 0 Å². The molecule has 0 aliphatic heterocycles. The standard InChI is InChI=1S/C17H13ClN2O3S/c1-22-15-7-4-12(10-14(15)18)20-16(21)11-2-5-13(6-3-11)23-17-19-8-9-24-17/h2-10H,1H3,(H,20,21). The van der Waals surface area contributed by atoms with Crippen LogP contribution in [0.5, 0.6) is 16.7 Å². The molecule has 0 fully saturated rings. The zero-order chi connectivity index (χ0) is 16.9. The van der Waals surface area contributed by atoms with Gasteiger partial charge in [0.2, 0.25) is 0 Å². The van der Waals surface area contributed by atoms with Crippen molar-refractivity contribution in [2.45, 2.75) is 0 Å². The number of aromatic nitrogens is 1. The topological polar surface area (TPSA) is 60.5 Å². The normalized spacial score (nSPS) is 10.2. The molecule has 0 radical (unpaired) electrons. The highest BCUT2D eigenvalue weighted by Gasteiger charge is 2.09. The van der Waals surface area contributed by atoms with Crippen LogP contribution in [-0.4, -0.2) is 18.0 Å². The molecule has 0 bridgehead atoms. The van der Waals surface area contributed by atoms with E-state index in [1.54, 1.807) is 48.7 Å². The number of thiazole rings is 1. The highest BCUT2D eigenvalue weighted by atomic mass is 35.5. The Morgan fingerprint density at radius 3 is 2.62 bits per heavy atom. The third kappa shape index (κ3) is 3.84. The number of anilines is 1. The van der Waals surface area contributed by atoms with Crippen LogP contribution in [0.1, 0.15) is 10.4 Å². The van der Waals surface area contributed by atoms with Crippen LogP contribution < -0.4 is 14.8 Å². The largest absolute Gasteiger partial charge is 0.495 e. The second kappa shape index (κ2) is 7.33. The molecule has 5 nitrogen and oxygen atoms in total. The molecular weight excluding hydrogens is 348 g/mol. The number of carbonyl (C=O) groups excluding carboxylic acids is 1. The molecule has 1 heterocycles. The first-order valence-corrected chi connectivity index (χ1v) is 8.24. The molecule has 0 saturated heterocycles. The van der Waals surface area contributed by atoms with Gasteiger partial charge in [0.05, 0.1) is 12.1 Å². The maximum Gasteiger partial charge on any atom is 0.278 e. The van der Waals surface area contributed by atoms with Gasteiger partial charge in [-0.15, -0.1) is 0 Å². The van der Waals surface area contributed by atoms with Crippen molar-refractivity contribution in [3.05, 3.63) is 64.6 Å². The number of hydrogen-bond acceptors (Lipinski definition) is 5. The first kappa shape index (κ1) is 16.3. The van der Waals surface area contributed by atoms with Crippen LogP contribution in [0, 0.1) is 0 Å². The average Bonchev–Trinajstić information content (AvgIpc) is 3.08. The lowest BCUT2D eigenvalue weighted by molar-refractivity contribution is 0.102. The van der Waals surface area contributed by atoms with E-state index in [2.05, 4.69) is 10.3 Å². The highest BCUT2D eigenvalue weighted by molar-refractivity contribution is 7.11. The lowest BCUT2D eigenvalue weighted by Gasteiger charge is -2.08. The fourth-order valence-corrected chi connectivity index (χ4v) is 2.75. The minimum Gasteiger partial charge on any atom is -0.495 e. The van der Waals surface area contributed by atoms with E-state index in [9.17, 15) is 4.79 Å². The lowest BCUT2D eigenvalue weighted by atomic mass is 10.2. The second-order valence-electron chi connectivity index (χ2n) is 4.73. The van der Waals surface area contributed by atoms with E-state index in [4.69, 9.17) is 21.1 Å². The summed E-state index contributed by atoms with van der Waals surface area (Å²) in [4.78, 5) is 16.3. The van der Waals surface area contributed by atoms with Gasteiger partial charge in [0.15, 0.2) is 0 Å². The number of amides is 1. The first-order valence-electron chi connectivity index (χ1n) is 6.98. The molecule has 1 N–H and O–H groups in total. The molecule has 0 atom stereocenters. The summed E-state index contributed by atoms with van der Waals surface area (Å²) in [5, 5.41) is 5.60. The van der Waals surface area contributed by atoms with E-state index in [0.29, 0.717) is 33.0 Å². The summed E-state index contributed by atoms with van der Waals surface area (Å²) in [5.74, 6) is 0.935. The van der Waals surface area contributed by atoms with E-state index >= 15 is 0 Å². The molecule has 3 rings (SSSR count). The van der Waals surface area contributed by atoms with E-state index < -0.39 is 0 Å². The van der Waals surface area contributed by atoms with Crippen molar-refractivity contribution in [3.63, 3.8) is 0 Å². The molecule has 7 heteroatoms. The van der Waals surface area contributed by atoms with Gasteiger partial charge in [0, 0.05) is 22.8 Å². The van der Waals surface area contributed by atoms with Crippen molar-refractivity contribution >= 4 is 34.5 Å². The summed E-state index contributed by atoms with van der Waals surface area (Å²) in [7, 11) is 1.54. The number of hydrogen-bond donors (Lipinski definition) is 1. The Morgan fingerprint density at radius 2 is 2.00 bits per heavy atom. The predicted molar refractivity (Wildman–Crippen MR) is 94.6 cm³/mol. The zero-order valence-electron chi connectivity index (χ0n) is 12.7. The molecule has 24 heavy (non-hydrogen) atoms. The minimum absolute atomic E-state index is 0.239. The molecule has 0 spiro atoms. The van der Waals surface area contributed by atoms with Gasteiger partial charge in [-0.2, -0.15) is 0 Å². The molecule has 0 unspecified atom stereocenters. The zero-order valence-corrected chi connectivity index (χ0v) is 14.2. The van der Waals surface area contributed by atoms with Crippen LogP contribution in [0.25, 0.3) is 0 Å². The van der Waals surface area contributed by atoms with Crippen LogP contribution in [-0.2, 0) is 0 Å². The Labute approximate surface area is 147 Å². The smallest absolute Gasteiger partial charge is 0.278 e. The summed E-state index contributed by atoms with van der Waals surface area (Å²) in [6.07, 6.45) is 1.67. The van der Waals surface area contributed by atoms with E-state index in [-0.39, 0.29) is 5.91 Å². The molecule has 1 aromatic heterocycles. The Bertz CT molecular complexity index is 836. The molecule has 0 aliphatic carbocycles. The number of methoxy groups -OCH3 is 1. The van der Waals surface area contributed by atoms with Gasteiger partial charge in [-0.25, -0.2) is 4.98 Å². The van der Waals surface area contributed by atoms with Crippen molar-refractivity contribution < 1.29 is 14.3 Å². The van der Waals surface area contributed by atoms with Gasteiger partial charge in [-0.05, 0) is 42.5 Å². The summed E-state index contributed by atoms with van der Waals surface area (Å²) in [5.41, 5.74) is 1.10. The van der Waals surface area contributed by atoms with Crippen LogP contribution in [0.15, 0.2) is 54.0 Å². The number of nitrogens with one attached hydrogen (secondary N) is 1. The molecule has 0 saturated carbocycles. The molecule has 122 valence electrons. The monoisotopic (exact) mass is 360 g/mol. The van der Waals surface area contributed by atoms with Gasteiger partial charge >= 0.3 is 0 Å². The Morgan fingerprint density at radius 1 is 1.21 bits per heavy atom. The van der Waals surface area contributed by atoms with Gasteiger partial charge < -0.3 is 14.8 Å². The van der Waals surface area contributed by atoms with Crippen molar-refractivity contribution in [1.82, 2.24) is 4.98 Å². The summed E-state index contributed by atoms with van der Waals surface area (Å²) in [6.45, 7) is 0. The van der Waals surface area contributed by atoms with Gasteiger partial charge in [0.25, 0.3) is 11.1 Å². The molecule has 0 aliphatic rings. The van der Waals surface area contributed by atoms with Gasteiger partial charge in [-0.1, -0.05) is 22.9 Å². The highest BCUT2D eigenvalue weighted by Crippen LogP contribution is 2.28. The summed E-state index contributed by atoms with van der Waals surface area (Å²) < 4.78 is 10.6. The van der Waals surface area contributed by atoms with Crippen molar-refractivity contribution in [2.75, 3.05) is 12.4 Å². The fourth-order valence-electron chi connectivity index (χ4n) is 1.98. The quantitative estimate of drug-likeness (QED) is 0.706. The van der Waals surface area contributed by atoms with Crippen LogP contribution in [0.3, 0.4) is 0 Å². The Balaban J connectivity index is 1.67. The lowest BCUT2D eigenvalue weighted by Crippen LogP contribution is -2.11. The number of benzene rings is 2. The SMILES string of the molecule is COc1ccc(NC(=O)c2ccc(Oc3nccs3)cc2)cc1Cl. The Kier molecular flexibility index (Phi) is 4.98. The predicted octanol–water partition coefficient (Wildman–Crippen LogP) is 4.85.